The molecule has 0 heterocycles. The molecule has 6 heteroatoms. The summed E-state index contributed by atoms with van der Waals surface area (Å²) in [5, 5.41) is 0. The van der Waals surface area contributed by atoms with Crippen LogP contribution in [0.5, 0.6) is 0 Å². The zero-order valence-electron chi connectivity index (χ0n) is 38.6. The SMILES string of the molecule is CC/C=C\C/C=C\C/C=C\CCCCCCCC(=O)OC(COC(=O)CCCCCCCCC)COC(=O)CCCCCCCCCCCCCCCCCCCC. The van der Waals surface area contributed by atoms with Gasteiger partial charge in [0.05, 0.1) is 0 Å². The number of carbonyl (C=O) groups excluding carboxylic acids is 3. The highest BCUT2D eigenvalue weighted by Crippen LogP contribution is 2.16. The first kappa shape index (κ1) is 55.6. The Morgan fingerprint density at radius 3 is 1.05 bits per heavy atom. The van der Waals surface area contributed by atoms with E-state index in [4.69, 9.17) is 14.2 Å². The van der Waals surface area contributed by atoms with Crippen molar-refractivity contribution in [2.45, 2.75) is 264 Å². The number of hydrogen-bond acceptors (Lipinski definition) is 6. The van der Waals surface area contributed by atoms with Crippen LogP contribution in [0.4, 0.5) is 0 Å². The van der Waals surface area contributed by atoms with Crippen LogP contribution in [0.25, 0.3) is 0 Å². The molecule has 338 valence electrons. The van der Waals surface area contributed by atoms with Crippen molar-refractivity contribution in [2.24, 2.45) is 0 Å². The molecule has 1 unspecified atom stereocenters. The first-order valence-corrected chi connectivity index (χ1v) is 25.0. The summed E-state index contributed by atoms with van der Waals surface area (Å²) >= 11 is 0. The van der Waals surface area contributed by atoms with Crippen molar-refractivity contribution in [3.05, 3.63) is 36.5 Å². The number of unbranched alkanes of at least 4 members (excludes halogenated alkanes) is 28. The van der Waals surface area contributed by atoms with Crippen molar-refractivity contribution < 1.29 is 28.6 Å². The molecule has 0 aromatic carbocycles. The number of allylic oxidation sites excluding steroid dienone is 6. The molecule has 0 saturated carbocycles. The van der Waals surface area contributed by atoms with Crippen molar-refractivity contribution in [1.82, 2.24) is 0 Å². The van der Waals surface area contributed by atoms with Gasteiger partial charge in [0, 0.05) is 19.3 Å². The van der Waals surface area contributed by atoms with Gasteiger partial charge < -0.3 is 14.2 Å². The number of hydrogen-bond donors (Lipinski definition) is 0. The minimum Gasteiger partial charge on any atom is -0.462 e. The van der Waals surface area contributed by atoms with Gasteiger partial charge in [0.25, 0.3) is 0 Å². The van der Waals surface area contributed by atoms with Crippen molar-refractivity contribution in [2.75, 3.05) is 13.2 Å². The first-order valence-electron chi connectivity index (χ1n) is 25.0. The standard InChI is InChI=1S/C52H94O6/c1-4-7-10-13-16-18-20-22-24-25-26-28-29-31-33-36-39-42-45-51(54)57-48-49(47-56-50(53)44-41-38-35-15-12-9-6-3)58-52(55)46-43-40-37-34-32-30-27-23-21-19-17-14-11-8-5-2/h8,11,17,19,23,27,49H,4-7,9-10,12-16,18,20-22,24-26,28-48H2,1-3H3/b11-8-,19-17-,27-23-. The Labute approximate surface area is 359 Å². The average molecular weight is 815 g/mol. The van der Waals surface area contributed by atoms with E-state index < -0.39 is 6.10 Å². The fourth-order valence-corrected chi connectivity index (χ4v) is 7.16. The summed E-state index contributed by atoms with van der Waals surface area (Å²) in [4.78, 5) is 37.7. The average Bonchev–Trinajstić information content (AvgIpc) is 3.22. The van der Waals surface area contributed by atoms with E-state index >= 15 is 0 Å². The Morgan fingerprint density at radius 2 is 0.672 bits per heavy atom. The van der Waals surface area contributed by atoms with Gasteiger partial charge in [-0.1, -0.05) is 224 Å². The van der Waals surface area contributed by atoms with Crippen LogP contribution < -0.4 is 0 Å². The minimum atomic E-state index is -0.774. The lowest BCUT2D eigenvalue weighted by molar-refractivity contribution is -0.167. The van der Waals surface area contributed by atoms with E-state index in [-0.39, 0.29) is 31.1 Å². The minimum absolute atomic E-state index is 0.0758. The van der Waals surface area contributed by atoms with E-state index in [0.29, 0.717) is 19.3 Å². The fraction of sp³-hybridized carbons (Fsp3) is 0.827. The Kier molecular flexibility index (Phi) is 45.4. The molecule has 0 amide bonds. The third-order valence-corrected chi connectivity index (χ3v) is 10.9. The molecule has 0 spiro atoms. The van der Waals surface area contributed by atoms with Gasteiger partial charge in [-0.05, 0) is 51.4 Å². The number of esters is 3. The molecule has 0 bridgehead atoms. The molecule has 0 aliphatic rings. The summed E-state index contributed by atoms with van der Waals surface area (Å²) in [5.41, 5.74) is 0. The lowest BCUT2D eigenvalue weighted by Crippen LogP contribution is -2.30. The summed E-state index contributed by atoms with van der Waals surface area (Å²) in [6.07, 6.45) is 54.3. The van der Waals surface area contributed by atoms with Crippen LogP contribution in [0.2, 0.25) is 0 Å². The predicted molar refractivity (Wildman–Crippen MR) is 247 cm³/mol. The molecule has 1 atom stereocenters. The van der Waals surface area contributed by atoms with E-state index in [9.17, 15) is 14.4 Å². The molecule has 58 heavy (non-hydrogen) atoms. The van der Waals surface area contributed by atoms with Crippen molar-refractivity contribution in [3.8, 4) is 0 Å². The number of rotatable bonds is 45. The molecule has 6 nitrogen and oxygen atoms in total. The molecule has 0 rings (SSSR count). The first-order chi connectivity index (χ1) is 28.5. The maximum absolute atomic E-state index is 12.7. The smallest absolute Gasteiger partial charge is 0.306 e. The van der Waals surface area contributed by atoms with Gasteiger partial charge in [0.1, 0.15) is 13.2 Å². The van der Waals surface area contributed by atoms with Gasteiger partial charge in [-0.25, -0.2) is 0 Å². The lowest BCUT2D eigenvalue weighted by Gasteiger charge is -2.18. The van der Waals surface area contributed by atoms with Crippen LogP contribution >= 0.6 is 0 Å². The second kappa shape index (κ2) is 47.3. The van der Waals surface area contributed by atoms with Crippen LogP contribution in [0.3, 0.4) is 0 Å². The van der Waals surface area contributed by atoms with Crippen LogP contribution in [0, 0.1) is 0 Å². The number of ether oxygens (including phenoxy) is 3. The second-order valence-electron chi connectivity index (χ2n) is 16.7. The number of carbonyl (C=O) groups is 3. The summed E-state index contributed by atoms with van der Waals surface area (Å²) < 4.78 is 16.7. The lowest BCUT2D eigenvalue weighted by atomic mass is 10.0. The van der Waals surface area contributed by atoms with E-state index in [2.05, 4.69) is 57.2 Å². The van der Waals surface area contributed by atoms with Crippen molar-refractivity contribution >= 4 is 17.9 Å². The third kappa shape index (κ3) is 44.7. The molecule has 0 N–H and O–H groups in total. The normalized spacial score (nSPS) is 12.3. The highest BCUT2D eigenvalue weighted by atomic mass is 16.6. The van der Waals surface area contributed by atoms with Crippen LogP contribution in [0.15, 0.2) is 36.5 Å². The van der Waals surface area contributed by atoms with E-state index in [1.165, 1.54) is 122 Å². The summed E-state index contributed by atoms with van der Waals surface area (Å²) in [6.45, 7) is 6.49. The van der Waals surface area contributed by atoms with Crippen LogP contribution in [0.1, 0.15) is 258 Å². The molecule has 0 radical (unpaired) electrons. The molecule has 0 aliphatic heterocycles. The maximum Gasteiger partial charge on any atom is 0.306 e. The monoisotopic (exact) mass is 815 g/mol. The van der Waals surface area contributed by atoms with E-state index in [0.717, 1.165) is 96.3 Å². The largest absolute Gasteiger partial charge is 0.462 e. The second-order valence-corrected chi connectivity index (χ2v) is 16.7. The van der Waals surface area contributed by atoms with Gasteiger partial charge in [-0.3, -0.25) is 14.4 Å². The van der Waals surface area contributed by atoms with Gasteiger partial charge in [0.15, 0.2) is 6.10 Å². The summed E-state index contributed by atoms with van der Waals surface area (Å²) in [6, 6.07) is 0. The highest BCUT2D eigenvalue weighted by Gasteiger charge is 2.19. The van der Waals surface area contributed by atoms with Crippen LogP contribution in [-0.2, 0) is 28.6 Å². The van der Waals surface area contributed by atoms with Gasteiger partial charge in [0.2, 0.25) is 0 Å². The van der Waals surface area contributed by atoms with Crippen molar-refractivity contribution in [3.63, 3.8) is 0 Å². The van der Waals surface area contributed by atoms with Gasteiger partial charge in [-0.15, -0.1) is 0 Å². The summed E-state index contributed by atoms with van der Waals surface area (Å²) in [7, 11) is 0. The van der Waals surface area contributed by atoms with E-state index in [1.54, 1.807) is 0 Å². The molecule has 0 saturated heterocycles. The molecular formula is C52H94O6. The molecular weight excluding hydrogens is 721 g/mol. The van der Waals surface area contributed by atoms with Gasteiger partial charge >= 0.3 is 17.9 Å². The molecule has 0 fully saturated rings. The molecule has 0 aliphatic carbocycles. The third-order valence-electron chi connectivity index (χ3n) is 10.9. The van der Waals surface area contributed by atoms with Crippen molar-refractivity contribution in [1.29, 1.82) is 0 Å². The van der Waals surface area contributed by atoms with Gasteiger partial charge in [-0.2, -0.15) is 0 Å². The molecule has 0 aromatic heterocycles. The Bertz CT molecular complexity index is 984. The topological polar surface area (TPSA) is 78.9 Å². The highest BCUT2D eigenvalue weighted by molar-refractivity contribution is 5.71. The summed E-state index contributed by atoms with van der Waals surface area (Å²) in [5.74, 6) is -0.891. The Morgan fingerprint density at radius 1 is 0.362 bits per heavy atom. The predicted octanol–water partition coefficient (Wildman–Crippen LogP) is 16.1. The zero-order chi connectivity index (χ0) is 42.3. The Balaban J connectivity index is 4.24. The van der Waals surface area contributed by atoms with E-state index in [1.807, 2.05) is 0 Å². The fourth-order valence-electron chi connectivity index (χ4n) is 7.16. The zero-order valence-corrected chi connectivity index (χ0v) is 38.6. The molecule has 0 aromatic rings. The maximum atomic E-state index is 12.7. The Hall–Kier alpha value is -2.37. The van der Waals surface area contributed by atoms with Crippen LogP contribution in [-0.4, -0.2) is 37.2 Å². The quantitative estimate of drug-likeness (QED) is 0.0264.